The van der Waals surface area contributed by atoms with Crippen molar-refractivity contribution in [3.8, 4) is 5.75 Å². The molecule has 0 radical (unpaired) electrons. The van der Waals surface area contributed by atoms with Gasteiger partial charge in [0.1, 0.15) is 16.4 Å². The van der Waals surface area contributed by atoms with Crippen LogP contribution in [-0.2, 0) is 0 Å². The molecule has 6 nitrogen and oxygen atoms in total. The van der Waals surface area contributed by atoms with Crippen molar-refractivity contribution in [2.45, 2.75) is 0 Å². The molecule has 0 bridgehead atoms. The lowest BCUT2D eigenvalue weighted by Crippen LogP contribution is -1.93. The SMILES string of the molecule is COc1ccc(C(=O)/C=C/c2ccc([N+](=O)[O-])o2)cc1. The smallest absolute Gasteiger partial charge is 0.433 e. The average molecular weight is 273 g/mol. The third kappa shape index (κ3) is 3.11. The van der Waals surface area contributed by atoms with Gasteiger partial charge in [-0.25, -0.2) is 0 Å². The maximum Gasteiger partial charge on any atom is 0.433 e. The number of nitro groups is 1. The minimum absolute atomic E-state index is 0.230. The number of hydrogen-bond donors (Lipinski definition) is 0. The predicted octanol–water partition coefficient (Wildman–Crippen LogP) is 3.09. The molecule has 2 rings (SSSR count). The van der Waals surface area contributed by atoms with Crippen LogP contribution in [0.3, 0.4) is 0 Å². The number of allylic oxidation sites excluding steroid dienone is 1. The summed E-state index contributed by atoms with van der Waals surface area (Å²) in [6.07, 6.45) is 2.68. The van der Waals surface area contributed by atoms with Crippen LogP contribution in [0.2, 0.25) is 0 Å². The molecular formula is C14H11NO5. The summed E-state index contributed by atoms with van der Waals surface area (Å²) in [6.45, 7) is 0. The maximum absolute atomic E-state index is 11.9. The molecule has 0 unspecified atom stereocenters. The van der Waals surface area contributed by atoms with Crippen molar-refractivity contribution in [3.05, 3.63) is 63.9 Å². The van der Waals surface area contributed by atoms with Crippen molar-refractivity contribution in [1.29, 1.82) is 0 Å². The Morgan fingerprint density at radius 3 is 2.50 bits per heavy atom. The van der Waals surface area contributed by atoms with Crippen LogP contribution in [0.5, 0.6) is 5.75 Å². The van der Waals surface area contributed by atoms with Crippen LogP contribution in [0.25, 0.3) is 6.08 Å². The Labute approximate surface area is 114 Å². The molecule has 2 aromatic rings. The number of nitrogens with zero attached hydrogens (tertiary/aromatic N) is 1. The predicted molar refractivity (Wildman–Crippen MR) is 71.7 cm³/mol. The van der Waals surface area contributed by atoms with E-state index in [1.54, 1.807) is 31.4 Å². The molecule has 0 spiro atoms. The fourth-order valence-corrected chi connectivity index (χ4v) is 1.54. The minimum Gasteiger partial charge on any atom is -0.497 e. The zero-order chi connectivity index (χ0) is 14.5. The maximum atomic E-state index is 11.9. The van der Waals surface area contributed by atoms with Crippen molar-refractivity contribution >= 4 is 17.7 Å². The average Bonchev–Trinajstić information content (AvgIpc) is 2.94. The number of ketones is 1. The van der Waals surface area contributed by atoms with Gasteiger partial charge in [0.25, 0.3) is 0 Å². The summed E-state index contributed by atoms with van der Waals surface area (Å²) in [5, 5.41) is 10.4. The highest BCUT2D eigenvalue weighted by Crippen LogP contribution is 2.17. The summed E-state index contributed by atoms with van der Waals surface area (Å²) >= 11 is 0. The van der Waals surface area contributed by atoms with Crippen LogP contribution < -0.4 is 4.74 Å². The lowest BCUT2D eigenvalue weighted by atomic mass is 10.1. The van der Waals surface area contributed by atoms with Crippen LogP contribution >= 0.6 is 0 Å². The van der Waals surface area contributed by atoms with Gasteiger partial charge in [-0.2, -0.15) is 0 Å². The first kappa shape index (κ1) is 13.5. The van der Waals surface area contributed by atoms with Crippen LogP contribution in [0.1, 0.15) is 16.1 Å². The van der Waals surface area contributed by atoms with Gasteiger partial charge in [0.15, 0.2) is 5.78 Å². The highest BCUT2D eigenvalue weighted by molar-refractivity contribution is 6.06. The number of carbonyl (C=O) groups excluding carboxylic acids is 1. The van der Waals surface area contributed by atoms with Gasteiger partial charge in [0.05, 0.1) is 13.2 Å². The molecule has 6 heteroatoms. The van der Waals surface area contributed by atoms with E-state index in [4.69, 9.17) is 9.15 Å². The molecule has 102 valence electrons. The van der Waals surface area contributed by atoms with E-state index in [2.05, 4.69) is 0 Å². The van der Waals surface area contributed by atoms with Gasteiger partial charge >= 0.3 is 5.88 Å². The van der Waals surface area contributed by atoms with Gasteiger partial charge in [0.2, 0.25) is 0 Å². The molecule has 0 fully saturated rings. The number of methoxy groups -OCH3 is 1. The number of benzene rings is 1. The second-order valence-corrected chi connectivity index (χ2v) is 3.86. The molecule has 0 aliphatic rings. The van der Waals surface area contributed by atoms with Gasteiger partial charge in [-0.3, -0.25) is 14.9 Å². The van der Waals surface area contributed by atoms with Gasteiger partial charge in [-0.1, -0.05) is 0 Å². The molecule has 1 heterocycles. The monoisotopic (exact) mass is 273 g/mol. The van der Waals surface area contributed by atoms with E-state index < -0.39 is 4.92 Å². The number of furan rings is 1. The third-order valence-electron chi connectivity index (χ3n) is 2.57. The van der Waals surface area contributed by atoms with Crippen molar-refractivity contribution < 1.29 is 18.9 Å². The zero-order valence-electron chi connectivity index (χ0n) is 10.6. The number of hydrogen-bond acceptors (Lipinski definition) is 5. The lowest BCUT2D eigenvalue weighted by molar-refractivity contribution is -0.402. The molecule has 0 atom stereocenters. The molecule has 0 aliphatic carbocycles. The van der Waals surface area contributed by atoms with Crippen molar-refractivity contribution in [2.24, 2.45) is 0 Å². The largest absolute Gasteiger partial charge is 0.497 e. The zero-order valence-corrected chi connectivity index (χ0v) is 10.6. The van der Waals surface area contributed by atoms with Gasteiger partial charge in [0, 0.05) is 5.56 Å². The fourth-order valence-electron chi connectivity index (χ4n) is 1.54. The Morgan fingerprint density at radius 2 is 1.95 bits per heavy atom. The van der Waals surface area contributed by atoms with Crippen molar-refractivity contribution in [3.63, 3.8) is 0 Å². The Morgan fingerprint density at radius 1 is 1.25 bits per heavy atom. The van der Waals surface area contributed by atoms with Crippen LogP contribution in [0, 0.1) is 10.1 Å². The molecule has 20 heavy (non-hydrogen) atoms. The summed E-state index contributed by atoms with van der Waals surface area (Å²) in [5.74, 6) is 0.319. The first-order valence-corrected chi connectivity index (χ1v) is 5.71. The van der Waals surface area contributed by atoms with Gasteiger partial charge in [-0.15, -0.1) is 0 Å². The number of carbonyl (C=O) groups is 1. The second-order valence-electron chi connectivity index (χ2n) is 3.86. The fraction of sp³-hybridized carbons (Fsp3) is 0.0714. The van der Waals surface area contributed by atoms with Gasteiger partial charge in [-0.05, 0) is 42.5 Å². The molecular weight excluding hydrogens is 262 g/mol. The molecule has 1 aromatic heterocycles. The summed E-state index contributed by atoms with van der Waals surface area (Å²) < 4.78 is 9.90. The number of ether oxygens (including phenoxy) is 1. The Hall–Kier alpha value is -2.89. The summed E-state index contributed by atoms with van der Waals surface area (Å²) in [6, 6.07) is 9.29. The highest BCUT2D eigenvalue weighted by atomic mass is 16.6. The standard InChI is InChI=1S/C14H11NO5/c1-19-11-4-2-10(3-5-11)13(16)8-6-12-7-9-14(20-12)15(17)18/h2-9H,1H3/b8-6+. The summed E-state index contributed by atoms with van der Waals surface area (Å²) in [7, 11) is 1.54. The van der Waals surface area contributed by atoms with Crippen LogP contribution in [0.15, 0.2) is 46.9 Å². The first-order valence-electron chi connectivity index (χ1n) is 5.71. The van der Waals surface area contributed by atoms with Crippen molar-refractivity contribution in [1.82, 2.24) is 0 Å². The van der Waals surface area contributed by atoms with E-state index in [1.165, 1.54) is 24.3 Å². The molecule has 0 saturated heterocycles. The van der Waals surface area contributed by atoms with E-state index in [1.807, 2.05) is 0 Å². The van der Waals surface area contributed by atoms with Crippen molar-refractivity contribution in [2.75, 3.05) is 7.11 Å². The molecule has 0 N–H and O–H groups in total. The van der Waals surface area contributed by atoms with E-state index in [9.17, 15) is 14.9 Å². The Kier molecular flexibility index (Phi) is 3.95. The van der Waals surface area contributed by atoms with E-state index in [-0.39, 0.29) is 17.4 Å². The summed E-state index contributed by atoms with van der Waals surface area (Å²) in [5.41, 5.74) is 0.489. The number of rotatable bonds is 5. The summed E-state index contributed by atoms with van der Waals surface area (Å²) in [4.78, 5) is 21.7. The molecule has 0 aliphatic heterocycles. The topological polar surface area (TPSA) is 82.6 Å². The molecule has 0 amide bonds. The quantitative estimate of drug-likeness (QED) is 0.362. The second kappa shape index (κ2) is 5.83. The van der Waals surface area contributed by atoms with Crippen LogP contribution in [0.4, 0.5) is 5.88 Å². The third-order valence-corrected chi connectivity index (χ3v) is 2.57. The highest BCUT2D eigenvalue weighted by Gasteiger charge is 2.10. The minimum atomic E-state index is -0.636. The normalized spacial score (nSPS) is 10.7. The van der Waals surface area contributed by atoms with Crippen LogP contribution in [-0.4, -0.2) is 17.8 Å². The van der Waals surface area contributed by atoms with E-state index in [0.717, 1.165) is 0 Å². The Bertz CT molecular complexity index is 654. The van der Waals surface area contributed by atoms with Gasteiger partial charge < -0.3 is 9.15 Å². The van der Waals surface area contributed by atoms with E-state index in [0.29, 0.717) is 11.3 Å². The molecule has 0 saturated carbocycles. The first-order chi connectivity index (χ1) is 9.60. The molecule has 1 aromatic carbocycles. The lowest BCUT2D eigenvalue weighted by Gasteiger charge is -1.99. The van der Waals surface area contributed by atoms with E-state index >= 15 is 0 Å². The Balaban J connectivity index is 2.09.